The van der Waals surface area contributed by atoms with Crippen LogP contribution >= 0.6 is 0 Å². The molecule has 6 nitrogen and oxygen atoms in total. The number of amides is 2. The predicted molar refractivity (Wildman–Crippen MR) is 78.6 cm³/mol. The quantitative estimate of drug-likeness (QED) is 0.765. The van der Waals surface area contributed by atoms with Gasteiger partial charge >= 0.3 is 6.18 Å². The van der Waals surface area contributed by atoms with Gasteiger partial charge < -0.3 is 15.0 Å². The third-order valence-corrected chi connectivity index (χ3v) is 3.44. The number of ether oxygens (including phenoxy) is 1. The van der Waals surface area contributed by atoms with Crippen molar-refractivity contribution in [3.63, 3.8) is 0 Å². The van der Waals surface area contributed by atoms with Crippen molar-refractivity contribution in [1.82, 2.24) is 15.2 Å². The second kappa shape index (κ2) is 7.98. The topological polar surface area (TPSA) is 71.5 Å². The summed E-state index contributed by atoms with van der Waals surface area (Å²) in [4.78, 5) is 28.7. The molecule has 0 atom stereocenters. The average molecular weight is 345 g/mol. The van der Waals surface area contributed by atoms with Crippen molar-refractivity contribution in [1.29, 1.82) is 0 Å². The molecule has 0 bridgehead atoms. The van der Waals surface area contributed by atoms with Crippen LogP contribution in [0, 0.1) is 0 Å². The number of rotatable bonds is 7. The summed E-state index contributed by atoms with van der Waals surface area (Å²) >= 11 is 0. The van der Waals surface area contributed by atoms with Gasteiger partial charge in [-0.1, -0.05) is 0 Å². The van der Waals surface area contributed by atoms with E-state index >= 15 is 0 Å². The summed E-state index contributed by atoms with van der Waals surface area (Å²) in [7, 11) is 0. The van der Waals surface area contributed by atoms with Gasteiger partial charge in [0, 0.05) is 38.3 Å². The van der Waals surface area contributed by atoms with Gasteiger partial charge in [0.05, 0.1) is 5.56 Å². The molecule has 0 radical (unpaired) electrons. The van der Waals surface area contributed by atoms with Crippen molar-refractivity contribution < 1.29 is 27.5 Å². The molecular formula is C15H18F3N3O3. The Morgan fingerprint density at radius 2 is 2.17 bits per heavy atom. The average Bonchev–Trinajstić information content (AvgIpc) is 2.94. The molecule has 1 aliphatic rings. The summed E-state index contributed by atoms with van der Waals surface area (Å²) in [5.41, 5.74) is 0.228. The van der Waals surface area contributed by atoms with Crippen LogP contribution in [0.4, 0.5) is 13.2 Å². The fourth-order valence-electron chi connectivity index (χ4n) is 2.27. The van der Waals surface area contributed by atoms with Crippen molar-refractivity contribution in [2.75, 3.05) is 26.2 Å². The molecule has 1 N–H and O–H groups in total. The lowest BCUT2D eigenvalue weighted by Crippen LogP contribution is -2.30. The molecule has 9 heteroatoms. The number of alkyl halides is 3. The summed E-state index contributed by atoms with van der Waals surface area (Å²) < 4.78 is 40.5. The summed E-state index contributed by atoms with van der Waals surface area (Å²) in [5.74, 6) is -0.436. The van der Waals surface area contributed by atoms with E-state index in [1.54, 1.807) is 4.90 Å². The zero-order chi connectivity index (χ0) is 17.6. The Kier molecular flexibility index (Phi) is 5.99. The summed E-state index contributed by atoms with van der Waals surface area (Å²) in [6, 6.07) is 2.56. The highest BCUT2D eigenvalue weighted by molar-refractivity contribution is 5.93. The molecule has 24 heavy (non-hydrogen) atoms. The first kappa shape index (κ1) is 18.0. The largest absolute Gasteiger partial charge is 0.468 e. The van der Waals surface area contributed by atoms with Gasteiger partial charge in [-0.3, -0.25) is 9.59 Å². The molecule has 0 saturated carbocycles. The standard InChI is InChI=1S/C15H18F3N3O3/c16-15(17,18)10-24-12-5-4-11(9-20-12)14(23)19-6-2-8-21-7-1-3-13(21)22/h4-5,9H,1-3,6-8,10H2,(H,19,23). The van der Waals surface area contributed by atoms with Crippen molar-refractivity contribution in [2.24, 2.45) is 0 Å². The van der Waals surface area contributed by atoms with Crippen molar-refractivity contribution >= 4 is 11.8 Å². The maximum absolute atomic E-state index is 12.0. The van der Waals surface area contributed by atoms with Crippen LogP contribution in [0.1, 0.15) is 29.6 Å². The van der Waals surface area contributed by atoms with E-state index < -0.39 is 12.8 Å². The first-order valence-electron chi connectivity index (χ1n) is 7.57. The van der Waals surface area contributed by atoms with Gasteiger partial charge in [-0.25, -0.2) is 4.98 Å². The highest BCUT2D eigenvalue weighted by Crippen LogP contribution is 2.17. The second-order valence-electron chi connectivity index (χ2n) is 5.38. The maximum atomic E-state index is 12.0. The molecule has 1 saturated heterocycles. The summed E-state index contributed by atoms with van der Waals surface area (Å²) in [6.07, 6.45) is -1.18. The molecule has 2 rings (SSSR count). The lowest BCUT2D eigenvalue weighted by Gasteiger charge is -2.15. The van der Waals surface area contributed by atoms with E-state index in [1.807, 2.05) is 0 Å². The van der Waals surface area contributed by atoms with Gasteiger partial charge in [-0.05, 0) is 18.9 Å². The van der Waals surface area contributed by atoms with Crippen LogP contribution in [-0.2, 0) is 4.79 Å². The van der Waals surface area contributed by atoms with Gasteiger partial charge in [-0.15, -0.1) is 0 Å². The van der Waals surface area contributed by atoms with Crippen LogP contribution in [-0.4, -0.2) is 54.1 Å². The Balaban J connectivity index is 1.71. The Morgan fingerprint density at radius 1 is 1.38 bits per heavy atom. The van der Waals surface area contributed by atoms with Gasteiger partial charge in [0.15, 0.2) is 6.61 Å². The van der Waals surface area contributed by atoms with Crippen LogP contribution in [0.25, 0.3) is 0 Å². The Morgan fingerprint density at radius 3 is 2.75 bits per heavy atom. The van der Waals surface area contributed by atoms with E-state index in [9.17, 15) is 22.8 Å². The number of hydrogen-bond acceptors (Lipinski definition) is 4. The highest BCUT2D eigenvalue weighted by Gasteiger charge is 2.28. The van der Waals surface area contributed by atoms with E-state index in [0.29, 0.717) is 25.9 Å². The molecule has 1 aromatic rings. The molecule has 2 amide bonds. The first-order chi connectivity index (χ1) is 11.3. The third kappa shape index (κ3) is 5.71. The molecular weight excluding hydrogens is 327 g/mol. The molecule has 1 fully saturated rings. The lowest BCUT2D eigenvalue weighted by atomic mass is 10.2. The molecule has 0 unspecified atom stereocenters. The lowest BCUT2D eigenvalue weighted by molar-refractivity contribution is -0.154. The van der Waals surface area contributed by atoms with Crippen LogP contribution < -0.4 is 10.1 Å². The molecule has 132 valence electrons. The molecule has 0 aliphatic carbocycles. The van der Waals surface area contributed by atoms with Crippen molar-refractivity contribution in [2.45, 2.75) is 25.4 Å². The number of halogens is 3. The summed E-state index contributed by atoms with van der Waals surface area (Å²) in [5, 5.41) is 2.68. The SMILES string of the molecule is O=C(NCCCN1CCCC1=O)c1ccc(OCC(F)(F)F)nc1. The Bertz CT molecular complexity index is 576. The Labute approximate surface area is 137 Å². The summed E-state index contributed by atoms with van der Waals surface area (Å²) in [6.45, 7) is 0.327. The molecule has 2 heterocycles. The third-order valence-electron chi connectivity index (χ3n) is 3.44. The second-order valence-corrected chi connectivity index (χ2v) is 5.38. The van der Waals surface area contributed by atoms with Gasteiger partial charge in [0.25, 0.3) is 5.91 Å². The number of likely N-dealkylation sites (tertiary alicyclic amines) is 1. The monoisotopic (exact) mass is 345 g/mol. The predicted octanol–water partition coefficient (Wildman–Crippen LogP) is 1.76. The fraction of sp³-hybridized carbons (Fsp3) is 0.533. The van der Waals surface area contributed by atoms with E-state index in [2.05, 4.69) is 15.0 Å². The van der Waals surface area contributed by atoms with Crippen molar-refractivity contribution in [3.05, 3.63) is 23.9 Å². The minimum Gasteiger partial charge on any atom is -0.468 e. The van der Waals surface area contributed by atoms with Gasteiger partial charge in [0.2, 0.25) is 11.8 Å². The van der Waals surface area contributed by atoms with Crippen molar-refractivity contribution in [3.8, 4) is 5.88 Å². The van der Waals surface area contributed by atoms with E-state index in [1.165, 1.54) is 12.1 Å². The van der Waals surface area contributed by atoms with Crippen LogP contribution in [0.3, 0.4) is 0 Å². The van der Waals surface area contributed by atoms with E-state index in [4.69, 9.17) is 0 Å². The van der Waals surface area contributed by atoms with Crippen LogP contribution in [0.2, 0.25) is 0 Å². The van der Waals surface area contributed by atoms with E-state index in [-0.39, 0.29) is 23.3 Å². The minimum atomic E-state index is -4.44. The maximum Gasteiger partial charge on any atom is 0.422 e. The molecule has 1 aromatic heterocycles. The van der Waals surface area contributed by atoms with Gasteiger partial charge in [0.1, 0.15) is 0 Å². The molecule has 0 spiro atoms. The van der Waals surface area contributed by atoms with Crippen LogP contribution in [0.5, 0.6) is 5.88 Å². The number of carbonyl (C=O) groups excluding carboxylic acids is 2. The van der Waals surface area contributed by atoms with Gasteiger partial charge in [-0.2, -0.15) is 13.2 Å². The normalized spacial score (nSPS) is 14.8. The molecule has 0 aromatic carbocycles. The number of pyridine rings is 1. The van der Waals surface area contributed by atoms with E-state index in [0.717, 1.165) is 19.2 Å². The zero-order valence-corrected chi connectivity index (χ0v) is 12.9. The highest BCUT2D eigenvalue weighted by atomic mass is 19.4. The fourth-order valence-corrected chi connectivity index (χ4v) is 2.27. The Hall–Kier alpha value is -2.32. The first-order valence-corrected chi connectivity index (χ1v) is 7.57. The smallest absolute Gasteiger partial charge is 0.422 e. The number of hydrogen-bond donors (Lipinski definition) is 1. The number of carbonyl (C=O) groups is 2. The number of aromatic nitrogens is 1. The number of nitrogens with one attached hydrogen (secondary N) is 1. The molecule has 1 aliphatic heterocycles. The van der Waals surface area contributed by atoms with Crippen LogP contribution in [0.15, 0.2) is 18.3 Å². The number of nitrogens with zero attached hydrogens (tertiary/aromatic N) is 2. The minimum absolute atomic E-state index is 0.139. The zero-order valence-electron chi connectivity index (χ0n) is 12.9.